The fourth-order valence-electron chi connectivity index (χ4n) is 3.23. The second-order valence-corrected chi connectivity index (χ2v) is 7.24. The lowest BCUT2D eigenvalue weighted by Crippen LogP contribution is -2.52. The lowest BCUT2D eigenvalue weighted by Gasteiger charge is -2.34. The predicted octanol–water partition coefficient (Wildman–Crippen LogP) is 1.78. The lowest BCUT2D eigenvalue weighted by atomic mass is 10.1. The third-order valence-corrected chi connectivity index (χ3v) is 4.85. The summed E-state index contributed by atoms with van der Waals surface area (Å²) < 4.78 is 5.55. The van der Waals surface area contributed by atoms with E-state index in [0.717, 1.165) is 16.8 Å². The van der Waals surface area contributed by atoms with Gasteiger partial charge in [-0.05, 0) is 42.3 Å². The van der Waals surface area contributed by atoms with Gasteiger partial charge in [0.05, 0.1) is 6.42 Å². The van der Waals surface area contributed by atoms with Gasteiger partial charge < -0.3 is 25.6 Å². The van der Waals surface area contributed by atoms with E-state index in [2.05, 4.69) is 5.32 Å². The second-order valence-electron chi connectivity index (χ2n) is 7.24. The molecule has 1 fully saturated rings. The van der Waals surface area contributed by atoms with Gasteiger partial charge in [-0.1, -0.05) is 24.3 Å². The minimum Gasteiger partial charge on any atom is -0.484 e. The van der Waals surface area contributed by atoms with Crippen molar-refractivity contribution < 1.29 is 19.1 Å². The third kappa shape index (κ3) is 5.97. The van der Waals surface area contributed by atoms with E-state index in [1.165, 1.54) is 0 Å². The number of carbonyl (C=O) groups excluding carboxylic acids is 3. The molecule has 158 valence electrons. The number of urea groups is 1. The van der Waals surface area contributed by atoms with Crippen LogP contribution in [0.1, 0.15) is 11.1 Å². The summed E-state index contributed by atoms with van der Waals surface area (Å²) in [6, 6.07) is 14.4. The number of ether oxygens (including phenoxy) is 1. The zero-order valence-corrected chi connectivity index (χ0v) is 17.0. The molecule has 2 aromatic rings. The number of nitrogens with zero attached hydrogens (tertiary/aromatic N) is 2. The molecule has 3 N–H and O–H groups in total. The number of primary amides is 1. The summed E-state index contributed by atoms with van der Waals surface area (Å²) in [6.45, 7) is 3.74. The number of nitrogens with two attached hydrogens (primary N) is 1. The molecule has 0 saturated carbocycles. The number of anilines is 1. The summed E-state index contributed by atoms with van der Waals surface area (Å²) in [4.78, 5) is 39.1. The zero-order valence-electron chi connectivity index (χ0n) is 17.0. The summed E-state index contributed by atoms with van der Waals surface area (Å²) in [5.74, 6) is 0.0215. The highest BCUT2D eigenvalue weighted by atomic mass is 16.5. The molecule has 1 heterocycles. The number of hydrogen-bond acceptors (Lipinski definition) is 4. The van der Waals surface area contributed by atoms with Crippen molar-refractivity contribution in [3.63, 3.8) is 0 Å². The van der Waals surface area contributed by atoms with Crippen LogP contribution in [0.25, 0.3) is 0 Å². The maximum atomic E-state index is 12.4. The SMILES string of the molecule is Cc1cccc(NC(=O)N2CCN(C(=O)COc3ccc(CC(N)=O)cc3)CC2)c1. The van der Waals surface area contributed by atoms with E-state index in [4.69, 9.17) is 10.5 Å². The van der Waals surface area contributed by atoms with Gasteiger partial charge in [0.1, 0.15) is 5.75 Å². The van der Waals surface area contributed by atoms with Crippen LogP contribution in [0, 0.1) is 6.92 Å². The van der Waals surface area contributed by atoms with Gasteiger partial charge in [0.2, 0.25) is 5.91 Å². The highest BCUT2D eigenvalue weighted by Gasteiger charge is 2.24. The molecule has 0 bridgehead atoms. The van der Waals surface area contributed by atoms with Crippen LogP contribution in [0.2, 0.25) is 0 Å². The van der Waals surface area contributed by atoms with Crippen LogP contribution in [0.15, 0.2) is 48.5 Å². The van der Waals surface area contributed by atoms with E-state index < -0.39 is 5.91 Å². The zero-order chi connectivity index (χ0) is 21.5. The molecule has 4 amide bonds. The van der Waals surface area contributed by atoms with Crippen LogP contribution in [0.4, 0.5) is 10.5 Å². The van der Waals surface area contributed by atoms with Gasteiger partial charge in [-0.2, -0.15) is 0 Å². The molecule has 0 spiro atoms. The molecule has 3 rings (SSSR count). The fraction of sp³-hybridized carbons (Fsp3) is 0.318. The first-order chi connectivity index (χ1) is 14.4. The number of rotatable bonds is 6. The molecule has 1 aliphatic heterocycles. The first-order valence-electron chi connectivity index (χ1n) is 9.81. The van der Waals surface area contributed by atoms with Gasteiger partial charge in [-0.3, -0.25) is 9.59 Å². The topological polar surface area (TPSA) is 105 Å². The monoisotopic (exact) mass is 410 g/mol. The average Bonchev–Trinajstić information content (AvgIpc) is 2.73. The van der Waals surface area contributed by atoms with Gasteiger partial charge >= 0.3 is 6.03 Å². The Morgan fingerprint density at radius 1 is 1.00 bits per heavy atom. The van der Waals surface area contributed by atoms with Crippen LogP contribution in [-0.4, -0.2) is 60.4 Å². The van der Waals surface area contributed by atoms with Crippen LogP contribution < -0.4 is 15.8 Å². The first kappa shape index (κ1) is 21.2. The van der Waals surface area contributed by atoms with E-state index >= 15 is 0 Å². The smallest absolute Gasteiger partial charge is 0.321 e. The molecule has 0 aromatic heterocycles. The van der Waals surface area contributed by atoms with Gasteiger partial charge in [0.15, 0.2) is 6.61 Å². The minimum absolute atomic E-state index is 0.0787. The molecule has 0 radical (unpaired) electrons. The number of nitrogens with one attached hydrogen (secondary N) is 1. The van der Waals surface area contributed by atoms with Gasteiger partial charge in [0, 0.05) is 31.9 Å². The number of benzene rings is 2. The van der Waals surface area contributed by atoms with E-state index in [1.54, 1.807) is 34.1 Å². The predicted molar refractivity (Wildman–Crippen MR) is 113 cm³/mol. The number of piperazine rings is 1. The maximum Gasteiger partial charge on any atom is 0.321 e. The van der Waals surface area contributed by atoms with Gasteiger partial charge in [-0.15, -0.1) is 0 Å². The van der Waals surface area contributed by atoms with Crippen molar-refractivity contribution in [1.29, 1.82) is 0 Å². The Morgan fingerprint density at radius 2 is 1.67 bits per heavy atom. The van der Waals surface area contributed by atoms with Crippen LogP contribution in [0.5, 0.6) is 5.75 Å². The molecule has 8 nitrogen and oxygen atoms in total. The first-order valence-corrected chi connectivity index (χ1v) is 9.81. The van der Waals surface area contributed by atoms with E-state index in [0.29, 0.717) is 31.9 Å². The number of aryl methyl sites for hydroxylation is 1. The Kier molecular flexibility index (Phi) is 6.90. The molecule has 0 atom stereocenters. The largest absolute Gasteiger partial charge is 0.484 e. The summed E-state index contributed by atoms with van der Waals surface area (Å²) >= 11 is 0. The van der Waals surface area contributed by atoms with Crippen molar-refractivity contribution in [1.82, 2.24) is 9.80 Å². The summed E-state index contributed by atoms with van der Waals surface area (Å²) in [5, 5.41) is 2.89. The molecule has 0 unspecified atom stereocenters. The number of amides is 4. The van der Waals surface area contributed by atoms with Gasteiger partial charge in [0.25, 0.3) is 5.91 Å². The molecule has 0 aliphatic carbocycles. The molecule has 1 aliphatic rings. The highest BCUT2D eigenvalue weighted by Crippen LogP contribution is 2.14. The van der Waals surface area contributed by atoms with Crippen molar-refractivity contribution in [2.24, 2.45) is 5.73 Å². The number of carbonyl (C=O) groups is 3. The van der Waals surface area contributed by atoms with Crippen LogP contribution in [-0.2, 0) is 16.0 Å². The van der Waals surface area contributed by atoms with Crippen molar-refractivity contribution >= 4 is 23.5 Å². The summed E-state index contributed by atoms with van der Waals surface area (Å²) in [5.41, 5.74) is 7.79. The van der Waals surface area contributed by atoms with Crippen molar-refractivity contribution in [3.8, 4) is 5.75 Å². The molecule has 2 aromatic carbocycles. The molecule has 8 heteroatoms. The van der Waals surface area contributed by atoms with Crippen LogP contribution in [0.3, 0.4) is 0 Å². The average molecular weight is 410 g/mol. The number of hydrogen-bond donors (Lipinski definition) is 2. The Labute approximate surface area is 175 Å². The third-order valence-electron chi connectivity index (χ3n) is 4.85. The van der Waals surface area contributed by atoms with Crippen molar-refractivity contribution in [3.05, 3.63) is 59.7 Å². The summed E-state index contributed by atoms with van der Waals surface area (Å²) in [7, 11) is 0. The quantitative estimate of drug-likeness (QED) is 0.757. The molecular formula is C22H26N4O4. The van der Waals surface area contributed by atoms with E-state index in [9.17, 15) is 14.4 Å². The minimum atomic E-state index is -0.398. The van der Waals surface area contributed by atoms with E-state index in [-0.39, 0.29) is 25.0 Å². The van der Waals surface area contributed by atoms with Crippen molar-refractivity contribution in [2.75, 3.05) is 38.1 Å². The van der Waals surface area contributed by atoms with Gasteiger partial charge in [-0.25, -0.2) is 4.79 Å². The highest BCUT2D eigenvalue weighted by molar-refractivity contribution is 5.89. The lowest BCUT2D eigenvalue weighted by molar-refractivity contribution is -0.134. The Bertz CT molecular complexity index is 906. The van der Waals surface area contributed by atoms with Crippen molar-refractivity contribution in [2.45, 2.75) is 13.3 Å². The molecule has 1 saturated heterocycles. The second kappa shape index (κ2) is 9.78. The Hall–Kier alpha value is -3.55. The van der Waals surface area contributed by atoms with Crippen LogP contribution >= 0.6 is 0 Å². The fourth-order valence-corrected chi connectivity index (χ4v) is 3.23. The standard InChI is InChI=1S/C22H26N4O4/c1-16-3-2-4-18(13-16)24-22(29)26-11-9-25(10-12-26)21(28)15-30-19-7-5-17(6-8-19)14-20(23)27/h2-8,13H,9-12,14-15H2,1H3,(H2,23,27)(H,24,29). The maximum absolute atomic E-state index is 12.4. The Morgan fingerprint density at radius 3 is 2.30 bits per heavy atom. The molecular weight excluding hydrogens is 384 g/mol. The normalized spacial score (nSPS) is 13.6. The summed E-state index contributed by atoms with van der Waals surface area (Å²) in [6.07, 6.45) is 0.168. The Balaban J connectivity index is 1.42. The van der Waals surface area contributed by atoms with E-state index in [1.807, 2.05) is 31.2 Å². The molecule has 30 heavy (non-hydrogen) atoms.